The first-order valence-electron chi connectivity index (χ1n) is 7.10. The van der Waals surface area contributed by atoms with Crippen LogP contribution in [-0.4, -0.2) is 16.5 Å². The van der Waals surface area contributed by atoms with Crippen molar-refractivity contribution < 1.29 is 4.92 Å². The predicted molar refractivity (Wildman–Crippen MR) is 80.1 cm³/mol. The van der Waals surface area contributed by atoms with E-state index in [1.54, 1.807) is 0 Å². The van der Waals surface area contributed by atoms with Crippen molar-refractivity contribution in [2.45, 2.75) is 39.0 Å². The fraction of sp³-hybridized carbons (Fsp3) is 0.643. The Labute approximate surface area is 123 Å². The van der Waals surface area contributed by atoms with Crippen molar-refractivity contribution in [3.8, 4) is 0 Å². The first-order chi connectivity index (χ1) is 9.54. The van der Waals surface area contributed by atoms with E-state index >= 15 is 0 Å². The number of nitro groups is 1. The van der Waals surface area contributed by atoms with E-state index in [-0.39, 0.29) is 10.8 Å². The molecule has 5 nitrogen and oxygen atoms in total. The van der Waals surface area contributed by atoms with Gasteiger partial charge in [-0.1, -0.05) is 44.2 Å². The number of rotatable bonds is 5. The molecule has 1 aromatic heterocycles. The second-order valence-corrected chi connectivity index (χ2v) is 6.02. The van der Waals surface area contributed by atoms with Gasteiger partial charge in [-0.05, 0) is 18.3 Å². The SMILES string of the molecule is CC1CCC(CCNc2cc([N+](=O)[O-])cc(Cl)n2)CC1. The second kappa shape index (κ2) is 6.88. The molecule has 0 unspecified atom stereocenters. The molecule has 6 heteroatoms. The Morgan fingerprint density at radius 1 is 1.40 bits per heavy atom. The van der Waals surface area contributed by atoms with Crippen LogP contribution in [0.4, 0.5) is 11.5 Å². The molecule has 0 bridgehead atoms. The highest BCUT2D eigenvalue weighted by molar-refractivity contribution is 6.29. The average molecular weight is 298 g/mol. The highest BCUT2D eigenvalue weighted by Gasteiger charge is 2.18. The zero-order valence-corrected chi connectivity index (χ0v) is 12.4. The van der Waals surface area contributed by atoms with E-state index in [1.807, 2.05) is 0 Å². The van der Waals surface area contributed by atoms with Crippen molar-refractivity contribution >= 4 is 23.1 Å². The zero-order chi connectivity index (χ0) is 14.5. The molecule has 1 N–H and O–H groups in total. The van der Waals surface area contributed by atoms with Gasteiger partial charge in [0.25, 0.3) is 5.69 Å². The number of aromatic nitrogens is 1. The molecule has 1 heterocycles. The summed E-state index contributed by atoms with van der Waals surface area (Å²) < 4.78 is 0. The minimum atomic E-state index is -0.457. The third kappa shape index (κ3) is 4.34. The first kappa shape index (κ1) is 15.0. The molecular formula is C14H20ClN3O2. The van der Waals surface area contributed by atoms with E-state index in [0.29, 0.717) is 5.82 Å². The Balaban J connectivity index is 1.83. The molecule has 0 saturated heterocycles. The summed E-state index contributed by atoms with van der Waals surface area (Å²) in [6.45, 7) is 3.09. The van der Waals surface area contributed by atoms with Gasteiger partial charge in [-0.2, -0.15) is 0 Å². The van der Waals surface area contributed by atoms with Gasteiger partial charge in [-0.15, -0.1) is 0 Å². The highest BCUT2D eigenvalue weighted by atomic mass is 35.5. The topological polar surface area (TPSA) is 68.1 Å². The lowest BCUT2D eigenvalue weighted by Gasteiger charge is -2.26. The van der Waals surface area contributed by atoms with Crippen LogP contribution >= 0.6 is 11.6 Å². The van der Waals surface area contributed by atoms with Gasteiger partial charge in [-0.3, -0.25) is 10.1 Å². The van der Waals surface area contributed by atoms with Crippen molar-refractivity contribution in [3.05, 3.63) is 27.4 Å². The van der Waals surface area contributed by atoms with Crippen LogP contribution in [0.3, 0.4) is 0 Å². The predicted octanol–water partition coefficient (Wildman–Crippen LogP) is 4.27. The summed E-state index contributed by atoms with van der Waals surface area (Å²) in [7, 11) is 0. The standard InChI is InChI=1S/C14H20ClN3O2/c1-10-2-4-11(5-3-10)6-7-16-14-9-12(18(19)20)8-13(15)17-14/h8-11H,2-7H2,1H3,(H,16,17). The normalized spacial score (nSPS) is 22.5. The van der Waals surface area contributed by atoms with E-state index in [4.69, 9.17) is 11.6 Å². The van der Waals surface area contributed by atoms with Crippen molar-refractivity contribution in [2.24, 2.45) is 11.8 Å². The molecule has 1 saturated carbocycles. The summed E-state index contributed by atoms with van der Waals surface area (Å²) in [5.74, 6) is 2.10. The molecule has 1 fully saturated rings. The summed E-state index contributed by atoms with van der Waals surface area (Å²) in [6.07, 6.45) is 6.27. The van der Waals surface area contributed by atoms with Gasteiger partial charge < -0.3 is 5.32 Å². The summed E-state index contributed by atoms with van der Waals surface area (Å²) in [4.78, 5) is 14.4. The van der Waals surface area contributed by atoms with E-state index in [1.165, 1.54) is 37.8 Å². The molecule has 2 rings (SSSR count). The Morgan fingerprint density at radius 3 is 2.75 bits per heavy atom. The second-order valence-electron chi connectivity index (χ2n) is 5.63. The molecule has 0 atom stereocenters. The first-order valence-corrected chi connectivity index (χ1v) is 7.48. The third-order valence-corrected chi connectivity index (χ3v) is 4.18. The average Bonchev–Trinajstić information content (AvgIpc) is 2.40. The van der Waals surface area contributed by atoms with Crippen LogP contribution < -0.4 is 5.32 Å². The number of nitrogens with one attached hydrogen (secondary N) is 1. The summed E-state index contributed by atoms with van der Waals surface area (Å²) in [6, 6.07) is 2.68. The number of hydrogen-bond acceptors (Lipinski definition) is 4. The molecule has 0 aromatic carbocycles. The van der Waals surface area contributed by atoms with Gasteiger partial charge in [0, 0.05) is 6.54 Å². The maximum absolute atomic E-state index is 10.7. The number of pyridine rings is 1. The largest absolute Gasteiger partial charge is 0.370 e. The molecule has 0 amide bonds. The van der Waals surface area contributed by atoms with Crippen molar-refractivity contribution in [1.29, 1.82) is 0 Å². The van der Waals surface area contributed by atoms with Crippen LogP contribution in [0.1, 0.15) is 39.0 Å². The van der Waals surface area contributed by atoms with E-state index in [0.717, 1.165) is 24.8 Å². The number of anilines is 1. The lowest BCUT2D eigenvalue weighted by molar-refractivity contribution is -0.384. The lowest BCUT2D eigenvalue weighted by atomic mass is 9.81. The fourth-order valence-electron chi connectivity index (χ4n) is 2.70. The summed E-state index contributed by atoms with van der Waals surface area (Å²) in [5.41, 5.74) is -0.0287. The molecule has 1 aliphatic rings. The van der Waals surface area contributed by atoms with Crippen molar-refractivity contribution in [2.75, 3.05) is 11.9 Å². The van der Waals surface area contributed by atoms with Crippen LogP contribution in [0.25, 0.3) is 0 Å². The van der Waals surface area contributed by atoms with E-state index < -0.39 is 4.92 Å². The molecule has 0 aliphatic heterocycles. The Bertz CT molecular complexity index is 473. The fourth-order valence-corrected chi connectivity index (χ4v) is 2.90. The molecule has 1 aliphatic carbocycles. The monoisotopic (exact) mass is 297 g/mol. The quantitative estimate of drug-likeness (QED) is 0.500. The van der Waals surface area contributed by atoms with Gasteiger partial charge >= 0.3 is 0 Å². The van der Waals surface area contributed by atoms with E-state index in [9.17, 15) is 10.1 Å². The van der Waals surface area contributed by atoms with Crippen LogP contribution in [0.5, 0.6) is 0 Å². The number of halogens is 1. The molecule has 0 spiro atoms. The van der Waals surface area contributed by atoms with Crippen LogP contribution in [-0.2, 0) is 0 Å². The minimum Gasteiger partial charge on any atom is -0.370 e. The summed E-state index contributed by atoms with van der Waals surface area (Å²) >= 11 is 5.78. The molecule has 1 aromatic rings. The molecule has 110 valence electrons. The lowest BCUT2D eigenvalue weighted by Crippen LogP contribution is -2.16. The van der Waals surface area contributed by atoms with Crippen LogP contribution in [0.15, 0.2) is 12.1 Å². The van der Waals surface area contributed by atoms with Gasteiger partial charge in [0.05, 0.1) is 17.1 Å². The summed E-state index contributed by atoms with van der Waals surface area (Å²) in [5, 5.41) is 14.0. The van der Waals surface area contributed by atoms with Gasteiger partial charge in [0.15, 0.2) is 0 Å². The van der Waals surface area contributed by atoms with Crippen LogP contribution in [0.2, 0.25) is 5.15 Å². The van der Waals surface area contributed by atoms with Crippen LogP contribution in [0, 0.1) is 22.0 Å². The maximum atomic E-state index is 10.7. The smallest absolute Gasteiger partial charge is 0.276 e. The van der Waals surface area contributed by atoms with E-state index in [2.05, 4.69) is 17.2 Å². The molecular weight excluding hydrogens is 278 g/mol. The van der Waals surface area contributed by atoms with Gasteiger partial charge in [0.2, 0.25) is 0 Å². The number of hydrogen-bond donors (Lipinski definition) is 1. The van der Waals surface area contributed by atoms with Gasteiger partial charge in [-0.25, -0.2) is 4.98 Å². The number of nitrogens with zero attached hydrogens (tertiary/aromatic N) is 2. The Kier molecular flexibility index (Phi) is 5.17. The van der Waals surface area contributed by atoms with Crippen molar-refractivity contribution in [3.63, 3.8) is 0 Å². The minimum absolute atomic E-state index is 0.0287. The molecule has 0 radical (unpaired) electrons. The third-order valence-electron chi connectivity index (χ3n) is 3.98. The maximum Gasteiger partial charge on any atom is 0.276 e. The Morgan fingerprint density at radius 2 is 2.10 bits per heavy atom. The highest BCUT2D eigenvalue weighted by Crippen LogP contribution is 2.30. The molecule has 20 heavy (non-hydrogen) atoms. The van der Waals surface area contributed by atoms with Crippen molar-refractivity contribution in [1.82, 2.24) is 4.98 Å². The zero-order valence-electron chi connectivity index (χ0n) is 11.6. The Hall–Kier alpha value is -1.36. The van der Waals surface area contributed by atoms with Gasteiger partial charge in [0.1, 0.15) is 11.0 Å².